The molecule has 7 heteroatoms. The molecule has 1 aliphatic rings. The van der Waals surface area contributed by atoms with Crippen LogP contribution in [0.4, 0.5) is 22.0 Å². The molecule has 2 nitrogen and oxygen atoms in total. The number of benzene rings is 1. The molecular weight excluding hydrogens is 269 g/mol. The molecule has 0 radical (unpaired) electrons. The number of alkyl halides is 5. The zero-order valence-corrected chi connectivity index (χ0v) is 9.47. The van der Waals surface area contributed by atoms with Gasteiger partial charge in [0.2, 0.25) is 6.08 Å². The lowest BCUT2D eigenvalue weighted by atomic mass is 9.69. The third-order valence-electron chi connectivity index (χ3n) is 3.11. The lowest BCUT2D eigenvalue weighted by Crippen LogP contribution is -2.48. The molecule has 1 aromatic carbocycles. The highest BCUT2D eigenvalue weighted by Crippen LogP contribution is 2.54. The van der Waals surface area contributed by atoms with Crippen LogP contribution in [0.25, 0.3) is 0 Å². The van der Waals surface area contributed by atoms with Gasteiger partial charge in [-0.25, -0.2) is 13.6 Å². The van der Waals surface area contributed by atoms with E-state index >= 15 is 0 Å². The number of nitrogens with zero attached hydrogens (tertiary/aromatic N) is 1. The minimum Gasteiger partial charge on any atom is -0.211 e. The smallest absolute Gasteiger partial charge is 0.211 e. The molecule has 19 heavy (non-hydrogen) atoms. The van der Waals surface area contributed by atoms with Crippen LogP contribution in [-0.4, -0.2) is 12.0 Å². The molecule has 0 atom stereocenters. The van der Waals surface area contributed by atoms with Crippen molar-refractivity contribution in [2.45, 2.75) is 30.5 Å². The molecule has 0 heterocycles. The highest BCUT2D eigenvalue weighted by Gasteiger charge is 2.58. The maximum Gasteiger partial charge on any atom is 0.416 e. The van der Waals surface area contributed by atoms with Gasteiger partial charge in [-0.2, -0.15) is 18.2 Å². The van der Waals surface area contributed by atoms with Crippen molar-refractivity contribution in [2.24, 2.45) is 4.99 Å². The molecule has 1 saturated carbocycles. The van der Waals surface area contributed by atoms with Gasteiger partial charge >= 0.3 is 6.18 Å². The molecule has 1 fully saturated rings. The molecule has 2 rings (SSSR count). The first kappa shape index (κ1) is 13.7. The SMILES string of the molecule is O=C=NC1(c2ccc(C(F)(F)F)cc2)CC(F)(F)C1. The molecule has 0 unspecified atom stereocenters. The number of hydrogen-bond acceptors (Lipinski definition) is 2. The topological polar surface area (TPSA) is 29.4 Å². The summed E-state index contributed by atoms with van der Waals surface area (Å²) in [5, 5.41) is 0. The Bertz CT molecular complexity index is 520. The summed E-state index contributed by atoms with van der Waals surface area (Å²) < 4.78 is 63.0. The van der Waals surface area contributed by atoms with Gasteiger partial charge in [-0.15, -0.1) is 0 Å². The molecular formula is C12H8F5NO. The van der Waals surface area contributed by atoms with Crippen molar-refractivity contribution in [1.29, 1.82) is 0 Å². The van der Waals surface area contributed by atoms with Gasteiger partial charge < -0.3 is 0 Å². The van der Waals surface area contributed by atoms with E-state index in [-0.39, 0.29) is 5.56 Å². The van der Waals surface area contributed by atoms with E-state index in [1.807, 2.05) is 0 Å². The molecule has 0 bridgehead atoms. The lowest BCUT2D eigenvalue weighted by Gasteiger charge is -2.43. The van der Waals surface area contributed by atoms with Crippen LogP contribution in [0.2, 0.25) is 0 Å². The fraction of sp³-hybridized carbons (Fsp3) is 0.417. The third-order valence-corrected chi connectivity index (χ3v) is 3.11. The van der Waals surface area contributed by atoms with Gasteiger partial charge in [-0.05, 0) is 17.7 Å². The standard InChI is InChI=1S/C12H8F5NO/c13-11(14)5-10(6-11,18-7-19)8-1-3-9(4-2-8)12(15,16)17/h1-4H,5-6H2. The van der Waals surface area contributed by atoms with Crippen molar-refractivity contribution >= 4 is 6.08 Å². The molecule has 0 amide bonds. The van der Waals surface area contributed by atoms with Crippen molar-refractivity contribution < 1.29 is 26.7 Å². The molecule has 0 aromatic heterocycles. The van der Waals surface area contributed by atoms with E-state index in [9.17, 15) is 26.7 Å². The van der Waals surface area contributed by atoms with Gasteiger partial charge in [-0.3, -0.25) is 0 Å². The van der Waals surface area contributed by atoms with Crippen LogP contribution in [-0.2, 0) is 16.5 Å². The Morgan fingerprint density at radius 3 is 2.00 bits per heavy atom. The molecule has 1 aliphatic carbocycles. The maximum atomic E-state index is 12.9. The number of rotatable bonds is 2. The van der Waals surface area contributed by atoms with E-state index < -0.39 is 36.0 Å². The first-order valence-corrected chi connectivity index (χ1v) is 5.33. The Morgan fingerprint density at radius 1 is 1.11 bits per heavy atom. The first-order chi connectivity index (χ1) is 8.69. The first-order valence-electron chi connectivity index (χ1n) is 5.33. The van der Waals surface area contributed by atoms with Gasteiger partial charge in [0.1, 0.15) is 5.54 Å². The fourth-order valence-corrected chi connectivity index (χ4v) is 2.21. The second-order valence-electron chi connectivity index (χ2n) is 4.52. The van der Waals surface area contributed by atoms with Crippen molar-refractivity contribution in [2.75, 3.05) is 0 Å². The largest absolute Gasteiger partial charge is 0.416 e. The number of hydrogen-bond donors (Lipinski definition) is 0. The zero-order chi connectivity index (χ0) is 14.3. The average Bonchev–Trinajstić information content (AvgIpc) is 2.25. The molecule has 102 valence electrons. The minimum atomic E-state index is -4.50. The lowest BCUT2D eigenvalue weighted by molar-refractivity contribution is -0.138. The van der Waals surface area contributed by atoms with Crippen LogP contribution in [0.15, 0.2) is 29.3 Å². The predicted molar refractivity (Wildman–Crippen MR) is 55.4 cm³/mol. The van der Waals surface area contributed by atoms with E-state index in [4.69, 9.17) is 0 Å². The second kappa shape index (κ2) is 4.13. The minimum absolute atomic E-state index is 0.162. The van der Waals surface area contributed by atoms with Crippen molar-refractivity contribution in [3.8, 4) is 0 Å². The van der Waals surface area contributed by atoms with Crippen LogP contribution in [0.1, 0.15) is 24.0 Å². The average molecular weight is 277 g/mol. The van der Waals surface area contributed by atoms with Crippen molar-refractivity contribution in [3.05, 3.63) is 35.4 Å². The van der Waals surface area contributed by atoms with E-state index in [1.54, 1.807) is 0 Å². The zero-order valence-electron chi connectivity index (χ0n) is 9.47. The summed E-state index contributed by atoms with van der Waals surface area (Å²) in [5.41, 5.74) is -2.17. The monoisotopic (exact) mass is 277 g/mol. The van der Waals surface area contributed by atoms with Gasteiger partial charge in [0.15, 0.2) is 0 Å². The Hall–Kier alpha value is -1.75. The second-order valence-corrected chi connectivity index (χ2v) is 4.52. The van der Waals surface area contributed by atoms with Gasteiger partial charge in [0.25, 0.3) is 5.92 Å². The molecule has 1 aromatic rings. The quantitative estimate of drug-likeness (QED) is 0.461. The van der Waals surface area contributed by atoms with Crippen LogP contribution < -0.4 is 0 Å². The van der Waals surface area contributed by atoms with Crippen LogP contribution >= 0.6 is 0 Å². The van der Waals surface area contributed by atoms with Crippen LogP contribution in [0.5, 0.6) is 0 Å². The number of halogens is 5. The summed E-state index contributed by atoms with van der Waals surface area (Å²) in [5.74, 6) is -2.96. The summed E-state index contributed by atoms with van der Waals surface area (Å²) in [6, 6.07) is 3.71. The van der Waals surface area contributed by atoms with Gasteiger partial charge in [0.05, 0.1) is 5.56 Å². The van der Waals surface area contributed by atoms with E-state index in [0.717, 1.165) is 24.3 Å². The maximum absolute atomic E-state index is 12.9. The molecule has 0 spiro atoms. The summed E-state index contributed by atoms with van der Waals surface area (Å²) in [7, 11) is 0. The van der Waals surface area contributed by atoms with Crippen molar-refractivity contribution in [1.82, 2.24) is 0 Å². The Morgan fingerprint density at radius 2 is 1.63 bits per heavy atom. The number of carbonyl (C=O) groups excluding carboxylic acids is 1. The van der Waals surface area contributed by atoms with Crippen molar-refractivity contribution in [3.63, 3.8) is 0 Å². The summed E-state index contributed by atoms with van der Waals surface area (Å²) >= 11 is 0. The van der Waals surface area contributed by atoms with Crippen LogP contribution in [0, 0.1) is 0 Å². The predicted octanol–water partition coefficient (Wildman–Crippen LogP) is 3.67. The van der Waals surface area contributed by atoms with Gasteiger partial charge in [-0.1, -0.05) is 12.1 Å². The normalized spacial score (nSPS) is 20.3. The number of isocyanates is 1. The summed E-state index contributed by atoms with van der Waals surface area (Å²) in [6.45, 7) is 0. The Kier molecular flexibility index (Phi) is 2.97. The highest BCUT2D eigenvalue weighted by atomic mass is 19.4. The van der Waals surface area contributed by atoms with Gasteiger partial charge in [0, 0.05) is 12.8 Å². The Labute approximate surface area is 104 Å². The van der Waals surface area contributed by atoms with E-state index in [2.05, 4.69) is 4.99 Å². The van der Waals surface area contributed by atoms with E-state index in [0.29, 0.717) is 0 Å². The van der Waals surface area contributed by atoms with E-state index in [1.165, 1.54) is 6.08 Å². The van der Waals surface area contributed by atoms with Crippen LogP contribution in [0.3, 0.4) is 0 Å². The summed E-state index contributed by atoms with van der Waals surface area (Å²) in [6.07, 6.45) is -4.67. The molecule has 0 aliphatic heterocycles. The third kappa shape index (κ3) is 2.51. The fourth-order valence-electron chi connectivity index (χ4n) is 2.21. The molecule has 0 saturated heterocycles. The summed E-state index contributed by atoms with van der Waals surface area (Å²) in [4.78, 5) is 13.7. The molecule has 0 N–H and O–H groups in total. The highest BCUT2D eigenvalue weighted by molar-refractivity contribution is 5.41. The number of aliphatic imine (C=N–C) groups is 1. The Balaban J connectivity index is 2.33.